The maximum absolute atomic E-state index is 13.7. The molecule has 1 saturated heterocycles. The largest absolute Gasteiger partial charge is 0.331 e. The molecule has 0 unspecified atom stereocenters. The molecule has 3 heterocycles. The summed E-state index contributed by atoms with van der Waals surface area (Å²) >= 11 is 1.50. The van der Waals surface area contributed by atoms with Crippen LogP contribution in [0.5, 0.6) is 0 Å². The summed E-state index contributed by atoms with van der Waals surface area (Å²) in [5.41, 5.74) is 0.535. The minimum absolute atomic E-state index is 0. The Balaban J connectivity index is 0.00000210. The number of amides is 1. The number of thiophene rings is 1. The van der Waals surface area contributed by atoms with Crippen LogP contribution in [0.1, 0.15) is 17.5 Å². The Bertz CT molecular complexity index is 930. The molecule has 1 atom stereocenters. The molecule has 1 fully saturated rings. The van der Waals surface area contributed by atoms with E-state index in [0.717, 1.165) is 18.0 Å². The molecule has 1 aromatic carbocycles. The van der Waals surface area contributed by atoms with E-state index >= 15 is 0 Å². The second-order valence-corrected chi connectivity index (χ2v) is 7.13. The van der Waals surface area contributed by atoms with E-state index in [0.29, 0.717) is 18.1 Å². The molecule has 0 spiro atoms. The summed E-state index contributed by atoms with van der Waals surface area (Å²) in [5.74, 6) is 0.105. The van der Waals surface area contributed by atoms with Crippen LogP contribution in [0.2, 0.25) is 0 Å². The van der Waals surface area contributed by atoms with Gasteiger partial charge in [-0.2, -0.15) is 0 Å². The number of hydrogen-bond acceptors (Lipinski definition) is 5. The predicted octanol–water partition coefficient (Wildman–Crippen LogP) is 2.99. The van der Waals surface area contributed by atoms with Gasteiger partial charge < -0.3 is 10.2 Å². The summed E-state index contributed by atoms with van der Waals surface area (Å²) in [6.07, 6.45) is 0. The van der Waals surface area contributed by atoms with Crippen LogP contribution in [0.3, 0.4) is 0 Å². The van der Waals surface area contributed by atoms with Crippen molar-refractivity contribution >= 4 is 29.7 Å². The second kappa shape index (κ2) is 8.16. The fourth-order valence-electron chi connectivity index (χ4n) is 3.03. The third-order valence-electron chi connectivity index (χ3n) is 4.35. The van der Waals surface area contributed by atoms with Crippen molar-refractivity contribution in [2.45, 2.75) is 13.0 Å². The highest BCUT2D eigenvalue weighted by Gasteiger charge is 2.28. The monoisotopic (exact) mass is 407 g/mol. The van der Waals surface area contributed by atoms with Crippen molar-refractivity contribution in [2.24, 2.45) is 0 Å². The average molecular weight is 408 g/mol. The smallest absolute Gasteiger partial charge is 0.293 e. The van der Waals surface area contributed by atoms with E-state index in [1.165, 1.54) is 28.2 Å². The molecular weight excluding hydrogens is 389 g/mol. The maximum atomic E-state index is 13.7. The van der Waals surface area contributed by atoms with Gasteiger partial charge in [-0.3, -0.25) is 4.79 Å². The molecule has 142 valence electrons. The Kier molecular flexibility index (Phi) is 5.88. The number of hydrogen-bond donors (Lipinski definition) is 1. The summed E-state index contributed by atoms with van der Waals surface area (Å²) < 4.78 is 15.2. The van der Waals surface area contributed by atoms with Gasteiger partial charge >= 0.3 is 0 Å². The molecule has 0 aliphatic carbocycles. The van der Waals surface area contributed by atoms with E-state index in [1.807, 2.05) is 24.4 Å². The van der Waals surface area contributed by atoms with E-state index in [1.54, 1.807) is 17.0 Å². The third-order valence-corrected chi connectivity index (χ3v) is 5.22. The molecule has 6 nitrogen and oxygen atoms in total. The molecule has 0 radical (unpaired) electrons. The molecule has 9 heteroatoms. The van der Waals surface area contributed by atoms with Crippen LogP contribution in [0.4, 0.5) is 4.39 Å². The first-order chi connectivity index (χ1) is 12.6. The average Bonchev–Trinajstić information content (AvgIpc) is 3.31. The summed E-state index contributed by atoms with van der Waals surface area (Å²) in [6.45, 7) is 4.10. The summed E-state index contributed by atoms with van der Waals surface area (Å²) in [4.78, 5) is 20.1. The van der Waals surface area contributed by atoms with Gasteiger partial charge in [0.1, 0.15) is 5.82 Å². The molecule has 0 saturated carbocycles. The van der Waals surface area contributed by atoms with Crippen molar-refractivity contribution in [3.63, 3.8) is 0 Å². The van der Waals surface area contributed by atoms with Crippen LogP contribution >= 0.6 is 23.7 Å². The van der Waals surface area contributed by atoms with E-state index in [-0.39, 0.29) is 36.0 Å². The second-order valence-electron chi connectivity index (χ2n) is 6.18. The number of nitrogens with one attached hydrogen (secondary N) is 1. The Morgan fingerprint density at radius 3 is 2.89 bits per heavy atom. The van der Waals surface area contributed by atoms with Crippen LogP contribution in [-0.2, 0) is 0 Å². The Morgan fingerprint density at radius 2 is 2.19 bits per heavy atom. The molecule has 1 aliphatic heterocycles. The van der Waals surface area contributed by atoms with E-state index in [9.17, 15) is 9.18 Å². The van der Waals surface area contributed by atoms with E-state index < -0.39 is 0 Å². The third kappa shape index (κ3) is 3.87. The number of carbonyl (C=O) groups excluding carboxylic acids is 1. The molecule has 1 N–H and O–H groups in total. The summed E-state index contributed by atoms with van der Waals surface area (Å²) in [7, 11) is 0. The van der Waals surface area contributed by atoms with Gasteiger partial charge in [-0.1, -0.05) is 12.1 Å². The normalized spacial score (nSPS) is 16.8. The van der Waals surface area contributed by atoms with Crippen LogP contribution in [0.15, 0.2) is 41.8 Å². The van der Waals surface area contributed by atoms with Crippen LogP contribution in [0, 0.1) is 5.82 Å². The van der Waals surface area contributed by atoms with Gasteiger partial charge in [0.25, 0.3) is 5.91 Å². The molecule has 4 rings (SSSR count). The number of benzene rings is 1. The van der Waals surface area contributed by atoms with Crippen molar-refractivity contribution in [3.8, 4) is 16.4 Å². The Labute approximate surface area is 166 Å². The fraction of sp³-hybridized carbons (Fsp3) is 0.278. The number of rotatable bonds is 3. The van der Waals surface area contributed by atoms with Crippen molar-refractivity contribution in [1.82, 2.24) is 25.0 Å². The van der Waals surface area contributed by atoms with Gasteiger partial charge in [0.15, 0.2) is 5.82 Å². The highest BCUT2D eigenvalue weighted by Crippen LogP contribution is 2.26. The summed E-state index contributed by atoms with van der Waals surface area (Å²) in [6, 6.07) is 10.0. The zero-order valence-corrected chi connectivity index (χ0v) is 16.3. The first-order valence-electron chi connectivity index (χ1n) is 8.42. The zero-order valence-electron chi connectivity index (χ0n) is 14.6. The van der Waals surface area contributed by atoms with Gasteiger partial charge in [-0.05, 0) is 36.6 Å². The van der Waals surface area contributed by atoms with Crippen molar-refractivity contribution in [1.29, 1.82) is 0 Å². The highest BCUT2D eigenvalue weighted by atomic mass is 35.5. The number of carbonyl (C=O) groups is 1. The Morgan fingerprint density at radius 1 is 1.33 bits per heavy atom. The molecule has 3 aromatic rings. The van der Waals surface area contributed by atoms with E-state index in [4.69, 9.17) is 0 Å². The lowest BCUT2D eigenvalue weighted by Crippen LogP contribution is -2.52. The van der Waals surface area contributed by atoms with Crippen molar-refractivity contribution < 1.29 is 9.18 Å². The van der Waals surface area contributed by atoms with Gasteiger partial charge in [0.2, 0.25) is 5.82 Å². The van der Waals surface area contributed by atoms with Gasteiger partial charge in [-0.25, -0.2) is 14.1 Å². The number of halogens is 2. The standard InChI is InChI=1S/C18H18FN5OS.ClH/c1-12-11-20-7-8-23(12)18(25)16-21-17(15-6-3-9-26-15)24(22-16)14-5-2-4-13(19)10-14;/h2-6,9-10,12,20H,7-8,11H2,1H3;1H/t12-;/m0./s1. The van der Waals surface area contributed by atoms with Crippen LogP contribution < -0.4 is 5.32 Å². The predicted molar refractivity (Wildman–Crippen MR) is 105 cm³/mol. The first kappa shape index (κ1) is 19.5. The topological polar surface area (TPSA) is 63.1 Å². The maximum Gasteiger partial charge on any atom is 0.293 e. The molecule has 2 aromatic heterocycles. The highest BCUT2D eigenvalue weighted by molar-refractivity contribution is 7.13. The number of nitrogens with zero attached hydrogens (tertiary/aromatic N) is 4. The van der Waals surface area contributed by atoms with Gasteiger partial charge in [-0.15, -0.1) is 28.8 Å². The van der Waals surface area contributed by atoms with Crippen LogP contribution in [0.25, 0.3) is 16.4 Å². The minimum Gasteiger partial charge on any atom is -0.331 e. The number of piperazine rings is 1. The molecule has 1 aliphatic rings. The molecule has 0 bridgehead atoms. The SMILES string of the molecule is C[C@H]1CNCCN1C(=O)c1nc(-c2cccs2)n(-c2cccc(F)c2)n1.Cl. The zero-order chi connectivity index (χ0) is 18.1. The van der Waals surface area contributed by atoms with Gasteiger partial charge in [0, 0.05) is 25.7 Å². The molecule has 27 heavy (non-hydrogen) atoms. The quantitative estimate of drug-likeness (QED) is 0.725. The lowest BCUT2D eigenvalue weighted by molar-refractivity contribution is 0.0643. The lowest BCUT2D eigenvalue weighted by Gasteiger charge is -2.33. The number of aromatic nitrogens is 3. The molecular formula is C18H19ClFN5OS. The van der Waals surface area contributed by atoms with Crippen molar-refractivity contribution in [3.05, 3.63) is 53.4 Å². The van der Waals surface area contributed by atoms with E-state index in [2.05, 4.69) is 15.4 Å². The van der Waals surface area contributed by atoms with Crippen molar-refractivity contribution in [2.75, 3.05) is 19.6 Å². The Hall–Kier alpha value is -2.29. The molecule has 1 amide bonds. The summed E-state index contributed by atoms with van der Waals surface area (Å²) in [5, 5.41) is 9.61. The minimum atomic E-state index is -0.362. The van der Waals surface area contributed by atoms with Gasteiger partial charge in [0.05, 0.1) is 10.6 Å². The first-order valence-corrected chi connectivity index (χ1v) is 9.30. The van der Waals surface area contributed by atoms with Crippen LogP contribution in [-0.4, -0.2) is 51.2 Å². The fourth-order valence-corrected chi connectivity index (χ4v) is 3.73. The lowest BCUT2D eigenvalue weighted by atomic mass is 10.2.